The standard InChI is InChI=1S/C16H24N2O2.2C2HF3O2/c1-2-19-15-10-16(20-13-15)5-8-18(9-6-16)12-14-4-3-7-17-11-14;2*3-2(4,5)1(6)7/h3-4,7,11,15H,2,5-6,8-10,12-13H2,1H3;2*(H,6,7). The van der Waals surface area contributed by atoms with E-state index >= 15 is 0 Å². The minimum atomic E-state index is -5.08. The SMILES string of the molecule is CCOC1COC2(CCN(Cc3cccnc3)CC2)C1.O=C(O)C(F)(F)F.O=C(O)C(F)(F)F. The van der Waals surface area contributed by atoms with Gasteiger partial charge in [0.2, 0.25) is 0 Å². The third-order valence-electron chi connectivity index (χ3n) is 4.96. The number of rotatable bonds is 4. The summed E-state index contributed by atoms with van der Waals surface area (Å²) in [7, 11) is 0. The number of halogens is 6. The number of pyridine rings is 1. The maximum Gasteiger partial charge on any atom is 0.490 e. The summed E-state index contributed by atoms with van der Waals surface area (Å²) in [5.74, 6) is -5.51. The van der Waals surface area contributed by atoms with Crippen LogP contribution in [0.25, 0.3) is 0 Å². The minimum Gasteiger partial charge on any atom is -0.475 e. The van der Waals surface area contributed by atoms with E-state index in [0.29, 0.717) is 6.10 Å². The molecule has 194 valence electrons. The molecule has 3 rings (SSSR count). The van der Waals surface area contributed by atoms with E-state index in [1.54, 1.807) is 0 Å². The highest BCUT2D eigenvalue weighted by molar-refractivity contribution is 5.73. The van der Waals surface area contributed by atoms with E-state index in [0.717, 1.165) is 52.1 Å². The van der Waals surface area contributed by atoms with Crippen LogP contribution < -0.4 is 0 Å². The summed E-state index contributed by atoms with van der Waals surface area (Å²) in [4.78, 5) is 24.5. The molecule has 0 saturated carbocycles. The van der Waals surface area contributed by atoms with Crippen molar-refractivity contribution in [1.82, 2.24) is 9.88 Å². The van der Waals surface area contributed by atoms with Gasteiger partial charge in [0.05, 0.1) is 18.3 Å². The number of likely N-dealkylation sites (tertiary alicyclic amines) is 1. The van der Waals surface area contributed by atoms with Crippen molar-refractivity contribution >= 4 is 11.9 Å². The number of aromatic nitrogens is 1. The molecular weight excluding hydrogens is 478 g/mol. The van der Waals surface area contributed by atoms with Gasteiger partial charge in [-0.3, -0.25) is 9.88 Å². The molecule has 1 unspecified atom stereocenters. The van der Waals surface area contributed by atoms with Gasteiger partial charge in [0.25, 0.3) is 0 Å². The van der Waals surface area contributed by atoms with Crippen LogP contribution >= 0.6 is 0 Å². The molecular formula is C20H26F6N2O6. The molecule has 14 heteroatoms. The van der Waals surface area contributed by atoms with Gasteiger partial charge in [0.1, 0.15) is 0 Å². The van der Waals surface area contributed by atoms with Crippen molar-refractivity contribution < 1.29 is 55.6 Å². The maximum atomic E-state index is 10.6. The Balaban J connectivity index is 0.000000343. The molecule has 0 radical (unpaired) electrons. The Hall–Kier alpha value is -2.45. The molecule has 1 atom stereocenters. The van der Waals surface area contributed by atoms with Crippen LogP contribution in [0, 0.1) is 0 Å². The van der Waals surface area contributed by atoms with Crippen LogP contribution in [-0.2, 0) is 25.6 Å². The second-order valence-corrected chi connectivity index (χ2v) is 7.52. The average Bonchev–Trinajstić information content (AvgIpc) is 3.13. The van der Waals surface area contributed by atoms with Crippen molar-refractivity contribution in [2.45, 2.75) is 56.8 Å². The molecule has 8 nitrogen and oxygen atoms in total. The predicted molar refractivity (Wildman–Crippen MR) is 105 cm³/mol. The number of piperidine rings is 1. The fourth-order valence-corrected chi connectivity index (χ4v) is 3.36. The van der Waals surface area contributed by atoms with Crippen LogP contribution in [0.15, 0.2) is 24.5 Å². The van der Waals surface area contributed by atoms with Crippen molar-refractivity contribution in [3.8, 4) is 0 Å². The number of hydrogen-bond donors (Lipinski definition) is 2. The third-order valence-corrected chi connectivity index (χ3v) is 4.96. The zero-order valence-corrected chi connectivity index (χ0v) is 18.2. The lowest BCUT2D eigenvalue weighted by molar-refractivity contribution is -0.193. The van der Waals surface area contributed by atoms with Crippen molar-refractivity contribution in [2.75, 3.05) is 26.3 Å². The molecule has 1 aromatic rings. The summed E-state index contributed by atoms with van der Waals surface area (Å²) < 4.78 is 75.3. The fourth-order valence-electron chi connectivity index (χ4n) is 3.36. The molecule has 0 aromatic carbocycles. The number of hydrogen-bond acceptors (Lipinski definition) is 6. The summed E-state index contributed by atoms with van der Waals surface area (Å²) >= 11 is 0. The highest BCUT2D eigenvalue weighted by atomic mass is 19.4. The predicted octanol–water partition coefficient (Wildman–Crippen LogP) is 3.51. The molecule has 2 saturated heterocycles. The van der Waals surface area contributed by atoms with Crippen molar-refractivity contribution in [3.63, 3.8) is 0 Å². The lowest BCUT2D eigenvalue weighted by Crippen LogP contribution is -2.43. The van der Waals surface area contributed by atoms with E-state index in [9.17, 15) is 26.3 Å². The Kier molecular flexibility index (Phi) is 11.2. The minimum absolute atomic E-state index is 0.0886. The van der Waals surface area contributed by atoms with Crippen molar-refractivity contribution in [3.05, 3.63) is 30.1 Å². The molecule has 2 aliphatic heterocycles. The summed E-state index contributed by atoms with van der Waals surface area (Å²) in [5.41, 5.74) is 1.38. The molecule has 0 bridgehead atoms. The van der Waals surface area contributed by atoms with Gasteiger partial charge >= 0.3 is 24.3 Å². The number of ether oxygens (including phenoxy) is 2. The van der Waals surface area contributed by atoms with Gasteiger partial charge in [-0.2, -0.15) is 26.3 Å². The highest BCUT2D eigenvalue weighted by Gasteiger charge is 2.43. The van der Waals surface area contributed by atoms with Gasteiger partial charge in [0, 0.05) is 45.1 Å². The third kappa shape index (κ3) is 10.7. The Bertz CT molecular complexity index is 743. The van der Waals surface area contributed by atoms with Gasteiger partial charge in [-0.1, -0.05) is 6.07 Å². The Morgan fingerprint density at radius 1 is 1.15 bits per heavy atom. The maximum absolute atomic E-state index is 10.6. The second-order valence-electron chi connectivity index (χ2n) is 7.52. The van der Waals surface area contributed by atoms with Crippen LogP contribution in [0.5, 0.6) is 0 Å². The van der Waals surface area contributed by atoms with Crippen LogP contribution in [0.1, 0.15) is 31.7 Å². The number of aliphatic carboxylic acids is 2. The quantitative estimate of drug-likeness (QED) is 0.600. The van der Waals surface area contributed by atoms with E-state index in [4.69, 9.17) is 29.3 Å². The average molecular weight is 504 g/mol. The van der Waals surface area contributed by atoms with E-state index in [1.807, 2.05) is 18.5 Å². The summed E-state index contributed by atoms with van der Waals surface area (Å²) in [6.07, 6.45) is -2.75. The fraction of sp³-hybridized carbons (Fsp3) is 0.650. The summed E-state index contributed by atoms with van der Waals surface area (Å²) in [6.45, 7) is 6.83. The molecule has 34 heavy (non-hydrogen) atoms. The van der Waals surface area contributed by atoms with Crippen LogP contribution in [0.2, 0.25) is 0 Å². The Labute approximate surface area is 191 Å². The normalized spacial score (nSPS) is 20.0. The Morgan fingerprint density at radius 2 is 1.68 bits per heavy atom. The van der Waals surface area contributed by atoms with E-state index in [-0.39, 0.29) is 5.60 Å². The summed E-state index contributed by atoms with van der Waals surface area (Å²) in [6, 6.07) is 4.15. The largest absolute Gasteiger partial charge is 0.490 e. The molecule has 2 aliphatic rings. The first-order valence-electron chi connectivity index (χ1n) is 10.2. The molecule has 2 fully saturated rings. The van der Waals surface area contributed by atoms with Gasteiger partial charge in [-0.25, -0.2) is 9.59 Å². The Morgan fingerprint density at radius 3 is 2.09 bits per heavy atom. The molecule has 1 spiro atoms. The van der Waals surface area contributed by atoms with Crippen LogP contribution in [0.4, 0.5) is 26.3 Å². The topological polar surface area (TPSA) is 109 Å². The van der Waals surface area contributed by atoms with E-state index in [2.05, 4.69) is 22.9 Å². The highest BCUT2D eigenvalue weighted by Crippen LogP contribution is 2.37. The number of alkyl halides is 6. The van der Waals surface area contributed by atoms with Gasteiger partial charge in [-0.05, 0) is 31.4 Å². The van der Waals surface area contributed by atoms with Gasteiger partial charge in [-0.15, -0.1) is 0 Å². The van der Waals surface area contributed by atoms with Crippen LogP contribution in [-0.4, -0.2) is 82.4 Å². The molecule has 1 aromatic heterocycles. The van der Waals surface area contributed by atoms with Crippen molar-refractivity contribution in [1.29, 1.82) is 0 Å². The smallest absolute Gasteiger partial charge is 0.475 e. The second kappa shape index (κ2) is 12.9. The molecule has 2 N–H and O–H groups in total. The first-order valence-corrected chi connectivity index (χ1v) is 10.2. The number of carboxylic acid groups (broad SMARTS) is 2. The first-order chi connectivity index (χ1) is 15.7. The first kappa shape index (κ1) is 29.6. The molecule has 3 heterocycles. The van der Waals surface area contributed by atoms with Gasteiger partial charge in [0.15, 0.2) is 0 Å². The number of carbonyl (C=O) groups is 2. The molecule has 0 amide bonds. The van der Waals surface area contributed by atoms with E-state index in [1.165, 1.54) is 5.56 Å². The number of nitrogens with zero attached hydrogens (tertiary/aromatic N) is 2. The van der Waals surface area contributed by atoms with Crippen molar-refractivity contribution in [2.24, 2.45) is 0 Å². The molecule has 0 aliphatic carbocycles. The summed E-state index contributed by atoms with van der Waals surface area (Å²) in [5, 5.41) is 14.2. The zero-order chi connectivity index (χ0) is 26.0. The van der Waals surface area contributed by atoms with E-state index < -0.39 is 24.3 Å². The van der Waals surface area contributed by atoms with Gasteiger partial charge < -0.3 is 19.7 Å². The van der Waals surface area contributed by atoms with Crippen LogP contribution in [0.3, 0.4) is 0 Å². The monoisotopic (exact) mass is 504 g/mol. The lowest BCUT2D eigenvalue weighted by atomic mass is 9.88. The number of carboxylic acids is 2. The zero-order valence-electron chi connectivity index (χ0n) is 18.2. The lowest BCUT2D eigenvalue weighted by Gasteiger charge is -2.38.